The number of rotatable bonds is 3. The number of aromatic nitrogens is 4. The van der Waals surface area contributed by atoms with E-state index < -0.39 is 0 Å². The van der Waals surface area contributed by atoms with Crippen LogP contribution in [0.3, 0.4) is 0 Å². The fourth-order valence-corrected chi connectivity index (χ4v) is 3.89. The van der Waals surface area contributed by atoms with Gasteiger partial charge in [0.25, 0.3) is 0 Å². The third-order valence-corrected chi connectivity index (χ3v) is 5.20. The lowest BCUT2D eigenvalue weighted by Gasteiger charge is -2.33. The lowest BCUT2D eigenvalue weighted by molar-refractivity contribution is -0.135. The van der Waals surface area contributed by atoms with Crippen LogP contribution in [0.1, 0.15) is 24.4 Å². The van der Waals surface area contributed by atoms with E-state index in [1.54, 1.807) is 6.20 Å². The Morgan fingerprint density at radius 2 is 2.04 bits per heavy atom. The van der Waals surface area contributed by atoms with E-state index in [0.717, 1.165) is 34.1 Å². The Labute approximate surface area is 150 Å². The highest BCUT2D eigenvalue weighted by Crippen LogP contribution is 2.30. The lowest BCUT2D eigenvalue weighted by Crippen LogP contribution is -2.40. The highest BCUT2D eigenvalue weighted by Gasteiger charge is 2.28. The van der Waals surface area contributed by atoms with Gasteiger partial charge in [-0.2, -0.15) is 0 Å². The van der Waals surface area contributed by atoms with Gasteiger partial charge in [-0.1, -0.05) is 30.3 Å². The van der Waals surface area contributed by atoms with Crippen LogP contribution in [0.15, 0.2) is 55.1 Å². The summed E-state index contributed by atoms with van der Waals surface area (Å²) in [6.45, 7) is 1.36. The van der Waals surface area contributed by atoms with E-state index in [2.05, 4.69) is 31.7 Å². The van der Waals surface area contributed by atoms with Gasteiger partial charge in [0.15, 0.2) is 0 Å². The molecule has 1 aliphatic heterocycles. The molecule has 3 aromatic heterocycles. The summed E-state index contributed by atoms with van der Waals surface area (Å²) in [7, 11) is 0. The number of nitrogens with zero attached hydrogens (tertiary/aromatic N) is 4. The Morgan fingerprint density at radius 1 is 1.15 bits per heavy atom. The molecule has 130 valence electrons. The predicted octanol–water partition coefficient (Wildman–Crippen LogP) is 3.28. The number of aromatic amines is 1. The minimum atomic E-state index is 0.224. The van der Waals surface area contributed by atoms with Gasteiger partial charge in [0, 0.05) is 31.1 Å². The molecular weight excluding hydrogens is 326 g/mol. The van der Waals surface area contributed by atoms with Crippen LogP contribution >= 0.6 is 0 Å². The van der Waals surface area contributed by atoms with Gasteiger partial charge in [-0.3, -0.25) is 4.79 Å². The SMILES string of the molecule is O=C1CCC(n2cnc3cnc4[nH]ccc4c32)CN1Cc1ccccc1. The van der Waals surface area contributed by atoms with Crippen molar-refractivity contribution in [3.05, 3.63) is 60.7 Å². The molecule has 1 fully saturated rings. The maximum Gasteiger partial charge on any atom is 0.223 e. The Kier molecular flexibility index (Phi) is 3.48. The van der Waals surface area contributed by atoms with Crippen LogP contribution in [0.4, 0.5) is 0 Å². The summed E-state index contributed by atoms with van der Waals surface area (Å²) in [4.78, 5) is 26.5. The average Bonchev–Trinajstić information content (AvgIpc) is 3.30. The molecule has 1 aliphatic rings. The van der Waals surface area contributed by atoms with E-state index in [-0.39, 0.29) is 11.9 Å². The van der Waals surface area contributed by atoms with E-state index in [0.29, 0.717) is 19.5 Å². The van der Waals surface area contributed by atoms with E-state index in [1.165, 1.54) is 0 Å². The van der Waals surface area contributed by atoms with Gasteiger partial charge in [0.05, 0.1) is 24.1 Å². The number of hydrogen-bond acceptors (Lipinski definition) is 3. The second kappa shape index (κ2) is 5.98. The minimum Gasteiger partial charge on any atom is -0.346 e. The molecule has 6 heteroatoms. The first kappa shape index (κ1) is 15.1. The first-order valence-corrected chi connectivity index (χ1v) is 8.90. The summed E-state index contributed by atoms with van der Waals surface area (Å²) in [5.41, 5.74) is 4.01. The summed E-state index contributed by atoms with van der Waals surface area (Å²) in [6, 6.07) is 12.4. The van der Waals surface area contributed by atoms with Crippen LogP contribution in [-0.2, 0) is 11.3 Å². The molecule has 1 saturated heterocycles. The zero-order valence-electron chi connectivity index (χ0n) is 14.3. The molecule has 0 radical (unpaired) electrons. The summed E-state index contributed by atoms with van der Waals surface area (Å²) in [5.74, 6) is 0.225. The van der Waals surface area contributed by atoms with E-state index in [9.17, 15) is 4.79 Å². The molecule has 1 unspecified atom stereocenters. The fourth-order valence-electron chi connectivity index (χ4n) is 3.89. The van der Waals surface area contributed by atoms with Crippen LogP contribution in [0, 0.1) is 0 Å². The smallest absolute Gasteiger partial charge is 0.223 e. The molecule has 4 aromatic rings. The number of imidazole rings is 1. The van der Waals surface area contributed by atoms with Crippen molar-refractivity contribution in [2.75, 3.05) is 6.54 Å². The molecule has 0 aliphatic carbocycles. The van der Waals surface area contributed by atoms with Gasteiger partial charge in [-0.25, -0.2) is 9.97 Å². The van der Waals surface area contributed by atoms with Gasteiger partial charge < -0.3 is 14.5 Å². The predicted molar refractivity (Wildman–Crippen MR) is 99.5 cm³/mol. The number of hydrogen-bond donors (Lipinski definition) is 1. The van der Waals surface area contributed by atoms with E-state index >= 15 is 0 Å². The second-order valence-electron chi connectivity index (χ2n) is 6.84. The van der Waals surface area contributed by atoms with Gasteiger partial charge in [0.1, 0.15) is 11.2 Å². The molecule has 1 aromatic carbocycles. The van der Waals surface area contributed by atoms with Crippen molar-refractivity contribution >= 4 is 28.0 Å². The normalized spacial score (nSPS) is 18.1. The monoisotopic (exact) mass is 345 g/mol. The number of piperidine rings is 1. The highest BCUT2D eigenvalue weighted by molar-refractivity contribution is 6.01. The molecule has 1 amide bonds. The molecular formula is C20H19N5O. The maximum absolute atomic E-state index is 12.4. The van der Waals surface area contributed by atoms with E-state index in [1.807, 2.05) is 41.7 Å². The first-order valence-electron chi connectivity index (χ1n) is 8.90. The van der Waals surface area contributed by atoms with Crippen molar-refractivity contribution in [1.82, 2.24) is 24.4 Å². The Morgan fingerprint density at radius 3 is 2.92 bits per heavy atom. The van der Waals surface area contributed by atoms with Gasteiger partial charge >= 0.3 is 0 Å². The topological polar surface area (TPSA) is 66.8 Å². The third-order valence-electron chi connectivity index (χ3n) is 5.20. The molecule has 1 atom stereocenters. The summed E-state index contributed by atoms with van der Waals surface area (Å²) in [6.07, 6.45) is 7.00. The molecule has 4 heterocycles. The Hall–Kier alpha value is -3.15. The largest absolute Gasteiger partial charge is 0.346 e. The van der Waals surface area contributed by atoms with Crippen molar-refractivity contribution in [2.45, 2.75) is 25.4 Å². The minimum absolute atomic E-state index is 0.224. The average molecular weight is 345 g/mol. The quantitative estimate of drug-likeness (QED) is 0.620. The van der Waals surface area contributed by atoms with Crippen LogP contribution in [-0.4, -0.2) is 36.9 Å². The molecule has 26 heavy (non-hydrogen) atoms. The standard InChI is InChI=1S/C20H19N5O/c26-18-7-6-15(12-24(18)11-14-4-2-1-3-5-14)25-13-23-17-10-22-20-16(19(17)25)8-9-21-20/h1-5,8-10,13,15H,6-7,11-12H2,(H,21,22). The Bertz CT molecular complexity index is 1080. The van der Waals surface area contributed by atoms with Crippen molar-refractivity contribution in [3.63, 3.8) is 0 Å². The summed E-state index contributed by atoms with van der Waals surface area (Å²) >= 11 is 0. The molecule has 5 rings (SSSR count). The van der Waals surface area contributed by atoms with Crippen molar-refractivity contribution < 1.29 is 4.79 Å². The van der Waals surface area contributed by atoms with Crippen LogP contribution in [0.5, 0.6) is 0 Å². The van der Waals surface area contributed by atoms with Gasteiger partial charge in [0.2, 0.25) is 5.91 Å². The molecule has 1 N–H and O–H groups in total. The van der Waals surface area contributed by atoms with Crippen molar-refractivity contribution in [1.29, 1.82) is 0 Å². The third kappa shape index (κ3) is 2.45. The second-order valence-corrected chi connectivity index (χ2v) is 6.84. The number of H-pyrrole nitrogens is 1. The number of amides is 1. The first-order chi connectivity index (χ1) is 12.8. The summed E-state index contributed by atoms with van der Waals surface area (Å²) in [5, 5.41) is 1.08. The number of carbonyl (C=O) groups excluding carboxylic acids is 1. The Balaban J connectivity index is 1.49. The highest BCUT2D eigenvalue weighted by atomic mass is 16.2. The number of pyridine rings is 1. The van der Waals surface area contributed by atoms with E-state index in [4.69, 9.17) is 0 Å². The molecule has 0 bridgehead atoms. The van der Waals surface area contributed by atoms with Gasteiger partial charge in [-0.15, -0.1) is 0 Å². The zero-order chi connectivity index (χ0) is 17.5. The molecule has 0 saturated carbocycles. The number of carbonyl (C=O) groups is 1. The lowest BCUT2D eigenvalue weighted by atomic mass is 10.0. The van der Waals surface area contributed by atoms with Gasteiger partial charge in [-0.05, 0) is 18.1 Å². The summed E-state index contributed by atoms with van der Waals surface area (Å²) < 4.78 is 2.22. The number of benzene rings is 1. The van der Waals surface area contributed by atoms with Crippen molar-refractivity contribution in [3.8, 4) is 0 Å². The van der Waals surface area contributed by atoms with Crippen molar-refractivity contribution in [2.24, 2.45) is 0 Å². The molecule has 6 nitrogen and oxygen atoms in total. The van der Waals surface area contributed by atoms with Crippen LogP contribution in [0.2, 0.25) is 0 Å². The zero-order valence-corrected chi connectivity index (χ0v) is 14.3. The number of fused-ring (bicyclic) bond motifs is 3. The number of nitrogens with one attached hydrogen (secondary N) is 1. The molecule has 0 spiro atoms. The fraction of sp³-hybridized carbons (Fsp3) is 0.250. The maximum atomic E-state index is 12.4. The number of likely N-dealkylation sites (tertiary alicyclic amines) is 1. The van der Waals surface area contributed by atoms with Crippen LogP contribution < -0.4 is 0 Å². The van der Waals surface area contributed by atoms with Crippen LogP contribution in [0.25, 0.3) is 22.1 Å².